The number of benzene rings is 2. The quantitative estimate of drug-likeness (QED) is 0.752. The first kappa shape index (κ1) is 16.9. The van der Waals surface area contributed by atoms with Crippen LogP contribution in [0.5, 0.6) is 0 Å². The van der Waals surface area contributed by atoms with Gasteiger partial charge in [0, 0.05) is 16.5 Å². The highest BCUT2D eigenvalue weighted by atomic mass is 35.5. The summed E-state index contributed by atoms with van der Waals surface area (Å²) < 4.78 is 0. The second-order valence-corrected chi connectivity index (χ2v) is 6.71. The van der Waals surface area contributed by atoms with Crippen LogP contribution in [0.1, 0.15) is 18.9 Å². The van der Waals surface area contributed by atoms with Gasteiger partial charge in [-0.05, 0) is 42.7 Å². The van der Waals surface area contributed by atoms with E-state index in [0.29, 0.717) is 11.6 Å². The van der Waals surface area contributed by atoms with Crippen LogP contribution in [0.2, 0.25) is 5.02 Å². The molecule has 1 unspecified atom stereocenters. The molecule has 0 aromatic heterocycles. The summed E-state index contributed by atoms with van der Waals surface area (Å²) in [5.41, 5.74) is 1.24. The van der Waals surface area contributed by atoms with Crippen molar-refractivity contribution in [2.24, 2.45) is 0 Å². The smallest absolute Gasteiger partial charge is 0.233 e. The van der Waals surface area contributed by atoms with Crippen molar-refractivity contribution in [1.82, 2.24) is 5.32 Å². The SMILES string of the molecule is CCC(Sc1ccc(Cl)cc1)C(=O)NCCc1ccccc1. The summed E-state index contributed by atoms with van der Waals surface area (Å²) >= 11 is 7.46. The fourth-order valence-electron chi connectivity index (χ4n) is 2.09. The minimum atomic E-state index is -0.0723. The lowest BCUT2D eigenvalue weighted by Gasteiger charge is -2.14. The number of carbonyl (C=O) groups is 1. The van der Waals surface area contributed by atoms with E-state index in [2.05, 4.69) is 17.4 Å². The lowest BCUT2D eigenvalue weighted by molar-refractivity contribution is -0.120. The average Bonchev–Trinajstić information content (AvgIpc) is 2.55. The first-order chi connectivity index (χ1) is 10.7. The van der Waals surface area contributed by atoms with Gasteiger partial charge in [0.2, 0.25) is 5.91 Å². The highest BCUT2D eigenvalue weighted by Gasteiger charge is 2.17. The highest BCUT2D eigenvalue weighted by Crippen LogP contribution is 2.26. The van der Waals surface area contributed by atoms with Gasteiger partial charge in [-0.25, -0.2) is 0 Å². The number of hydrogen-bond donors (Lipinski definition) is 1. The molecule has 2 nitrogen and oxygen atoms in total. The number of nitrogens with one attached hydrogen (secondary N) is 1. The van der Waals surface area contributed by atoms with E-state index in [-0.39, 0.29) is 11.2 Å². The minimum Gasteiger partial charge on any atom is -0.355 e. The van der Waals surface area contributed by atoms with Crippen molar-refractivity contribution in [1.29, 1.82) is 0 Å². The number of amides is 1. The summed E-state index contributed by atoms with van der Waals surface area (Å²) in [4.78, 5) is 13.3. The number of halogens is 1. The molecule has 0 saturated carbocycles. The highest BCUT2D eigenvalue weighted by molar-refractivity contribution is 8.00. The summed E-state index contributed by atoms with van der Waals surface area (Å²) in [6, 6.07) is 17.8. The van der Waals surface area contributed by atoms with Gasteiger partial charge in [-0.1, -0.05) is 48.9 Å². The molecule has 0 aliphatic carbocycles. The Labute approximate surface area is 141 Å². The molecule has 0 fully saturated rings. The van der Waals surface area contributed by atoms with Gasteiger partial charge in [0.1, 0.15) is 0 Å². The van der Waals surface area contributed by atoms with E-state index in [1.54, 1.807) is 11.8 Å². The number of hydrogen-bond acceptors (Lipinski definition) is 2. The summed E-state index contributed by atoms with van der Waals surface area (Å²) in [5.74, 6) is 0.0957. The van der Waals surface area contributed by atoms with Crippen molar-refractivity contribution in [2.45, 2.75) is 29.9 Å². The van der Waals surface area contributed by atoms with E-state index >= 15 is 0 Å². The molecule has 0 bridgehead atoms. The monoisotopic (exact) mass is 333 g/mol. The van der Waals surface area contributed by atoms with Crippen LogP contribution in [0.25, 0.3) is 0 Å². The topological polar surface area (TPSA) is 29.1 Å². The Balaban J connectivity index is 1.82. The Morgan fingerprint density at radius 3 is 2.45 bits per heavy atom. The standard InChI is InChI=1S/C18H20ClNOS/c1-2-17(22-16-10-8-15(19)9-11-16)18(21)20-13-12-14-6-4-3-5-7-14/h3-11,17H,2,12-13H2,1H3,(H,20,21). The molecule has 0 aliphatic rings. The Kier molecular flexibility index (Phi) is 6.81. The molecule has 4 heteroatoms. The van der Waals surface area contributed by atoms with Crippen LogP contribution in [0.3, 0.4) is 0 Å². The molecule has 0 spiro atoms. The van der Waals surface area contributed by atoms with Crippen molar-refractivity contribution in [2.75, 3.05) is 6.54 Å². The van der Waals surface area contributed by atoms with Crippen LogP contribution in [0.15, 0.2) is 59.5 Å². The molecule has 1 amide bonds. The van der Waals surface area contributed by atoms with Crippen LogP contribution < -0.4 is 5.32 Å². The van der Waals surface area contributed by atoms with Crippen LogP contribution in [0.4, 0.5) is 0 Å². The molecule has 0 saturated heterocycles. The van der Waals surface area contributed by atoms with Gasteiger partial charge in [-0.2, -0.15) is 0 Å². The zero-order chi connectivity index (χ0) is 15.8. The molecular weight excluding hydrogens is 314 g/mol. The van der Waals surface area contributed by atoms with Crippen molar-refractivity contribution < 1.29 is 4.79 Å². The molecule has 0 radical (unpaired) electrons. The molecule has 0 heterocycles. The maximum Gasteiger partial charge on any atom is 0.233 e. The third-order valence-electron chi connectivity index (χ3n) is 3.31. The average molecular weight is 334 g/mol. The van der Waals surface area contributed by atoms with Crippen LogP contribution >= 0.6 is 23.4 Å². The molecule has 116 valence electrons. The van der Waals surface area contributed by atoms with Gasteiger partial charge in [0.15, 0.2) is 0 Å². The molecule has 2 aromatic carbocycles. The van der Waals surface area contributed by atoms with Crippen molar-refractivity contribution in [3.63, 3.8) is 0 Å². The zero-order valence-electron chi connectivity index (χ0n) is 12.6. The maximum absolute atomic E-state index is 12.3. The summed E-state index contributed by atoms with van der Waals surface area (Å²) in [5, 5.41) is 3.67. The zero-order valence-corrected chi connectivity index (χ0v) is 14.2. The van der Waals surface area contributed by atoms with Gasteiger partial charge >= 0.3 is 0 Å². The van der Waals surface area contributed by atoms with Crippen LogP contribution in [0, 0.1) is 0 Å². The minimum absolute atomic E-state index is 0.0723. The van der Waals surface area contributed by atoms with E-state index in [1.807, 2.05) is 49.4 Å². The Morgan fingerprint density at radius 1 is 1.14 bits per heavy atom. The predicted octanol–water partition coefficient (Wildman–Crippen LogP) is 4.57. The summed E-state index contributed by atoms with van der Waals surface area (Å²) in [6.07, 6.45) is 1.65. The summed E-state index contributed by atoms with van der Waals surface area (Å²) in [7, 11) is 0. The van der Waals surface area contributed by atoms with Crippen molar-refractivity contribution in [3.05, 3.63) is 65.2 Å². The molecule has 1 N–H and O–H groups in total. The van der Waals surface area contributed by atoms with Crippen LogP contribution in [-0.2, 0) is 11.2 Å². The third-order valence-corrected chi connectivity index (χ3v) is 4.94. The molecule has 1 atom stereocenters. The van der Waals surface area contributed by atoms with Gasteiger partial charge in [0.25, 0.3) is 0 Å². The van der Waals surface area contributed by atoms with Crippen molar-refractivity contribution >= 4 is 29.3 Å². The first-order valence-electron chi connectivity index (χ1n) is 7.43. The molecule has 0 aliphatic heterocycles. The maximum atomic E-state index is 12.3. The Bertz CT molecular complexity index is 586. The molecular formula is C18H20ClNOS. The van der Waals surface area contributed by atoms with E-state index in [4.69, 9.17) is 11.6 Å². The lowest BCUT2D eigenvalue weighted by Crippen LogP contribution is -2.33. The molecule has 2 rings (SSSR count). The van der Waals surface area contributed by atoms with Gasteiger partial charge in [-0.15, -0.1) is 11.8 Å². The second kappa shape index (κ2) is 8.86. The van der Waals surface area contributed by atoms with E-state index < -0.39 is 0 Å². The largest absolute Gasteiger partial charge is 0.355 e. The first-order valence-corrected chi connectivity index (χ1v) is 8.68. The Morgan fingerprint density at radius 2 is 1.82 bits per heavy atom. The van der Waals surface area contributed by atoms with Gasteiger partial charge in [-0.3, -0.25) is 4.79 Å². The number of thioether (sulfide) groups is 1. The molecule has 2 aromatic rings. The summed E-state index contributed by atoms with van der Waals surface area (Å²) in [6.45, 7) is 2.70. The fraction of sp³-hybridized carbons (Fsp3) is 0.278. The lowest BCUT2D eigenvalue weighted by atomic mass is 10.1. The van der Waals surface area contributed by atoms with Crippen LogP contribution in [-0.4, -0.2) is 17.7 Å². The third kappa shape index (κ3) is 5.39. The normalized spacial score (nSPS) is 11.9. The van der Waals surface area contributed by atoms with Gasteiger partial charge < -0.3 is 5.32 Å². The second-order valence-electron chi connectivity index (χ2n) is 5.00. The fourth-order valence-corrected chi connectivity index (χ4v) is 3.19. The van der Waals surface area contributed by atoms with E-state index in [9.17, 15) is 4.79 Å². The number of rotatable bonds is 7. The van der Waals surface area contributed by atoms with E-state index in [1.165, 1.54) is 5.56 Å². The Hall–Kier alpha value is -1.45. The van der Waals surface area contributed by atoms with Gasteiger partial charge in [0.05, 0.1) is 5.25 Å². The van der Waals surface area contributed by atoms with Crippen molar-refractivity contribution in [3.8, 4) is 0 Å². The molecule has 22 heavy (non-hydrogen) atoms. The van der Waals surface area contributed by atoms with E-state index in [0.717, 1.165) is 17.7 Å². The predicted molar refractivity (Wildman–Crippen MR) is 94.5 cm³/mol. The number of carbonyl (C=O) groups excluding carboxylic acids is 1.